The zero-order valence-electron chi connectivity index (χ0n) is 11.6. The third-order valence-corrected chi connectivity index (χ3v) is 6.63. The predicted molar refractivity (Wildman–Crippen MR) is 80.8 cm³/mol. The molecule has 2 rings (SSSR count). The maximum Gasteiger partial charge on any atom is 0.243 e. The number of aryl methyl sites for hydroxylation is 1. The molecule has 0 atom stereocenters. The van der Waals surface area contributed by atoms with Crippen molar-refractivity contribution < 1.29 is 12.8 Å². The Balaban J connectivity index is 2.23. The second-order valence-corrected chi connectivity index (χ2v) is 8.22. The summed E-state index contributed by atoms with van der Waals surface area (Å²) in [6.07, 6.45) is 5.04. The number of nitrogens with two attached hydrogens (primary N) is 1. The first-order valence-electron chi connectivity index (χ1n) is 6.40. The Labute approximate surface area is 123 Å². The van der Waals surface area contributed by atoms with Gasteiger partial charge >= 0.3 is 0 Å². The highest BCUT2D eigenvalue weighted by atomic mass is 32.2. The number of anilines is 1. The predicted octanol–water partition coefficient (Wildman–Crippen LogP) is 2.28. The van der Waals surface area contributed by atoms with Gasteiger partial charge in [0.2, 0.25) is 10.0 Å². The highest BCUT2D eigenvalue weighted by molar-refractivity contribution is 8.00. The smallest absolute Gasteiger partial charge is 0.243 e. The van der Waals surface area contributed by atoms with Gasteiger partial charge in [-0.2, -0.15) is 11.8 Å². The van der Waals surface area contributed by atoms with Crippen molar-refractivity contribution in [2.75, 3.05) is 18.5 Å². The highest BCUT2D eigenvalue weighted by Crippen LogP contribution is 2.42. The maximum atomic E-state index is 14.0. The normalized spacial score (nSPS) is 17.8. The lowest BCUT2D eigenvalue weighted by atomic mass is 9.84. The van der Waals surface area contributed by atoms with E-state index >= 15 is 0 Å². The van der Waals surface area contributed by atoms with Gasteiger partial charge in [-0.15, -0.1) is 0 Å². The molecule has 0 radical (unpaired) electrons. The Morgan fingerprint density at radius 2 is 2.10 bits per heavy atom. The molecule has 7 heteroatoms. The largest absolute Gasteiger partial charge is 0.399 e. The van der Waals surface area contributed by atoms with Crippen LogP contribution in [0, 0.1) is 12.7 Å². The van der Waals surface area contributed by atoms with E-state index in [1.165, 1.54) is 13.0 Å². The van der Waals surface area contributed by atoms with E-state index in [2.05, 4.69) is 4.72 Å². The summed E-state index contributed by atoms with van der Waals surface area (Å²) in [6, 6.07) is 2.58. The molecule has 0 saturated heterocycles. The lowest BCUT2D eigenvalue weighted by Crippen LogP contribution is -2.45. The topological polar surface area (TPSA) is 72.2 Å². The van der Waals surface area contributed by atoms with E-state index in [1.54, 1.807) is 11.8 Å². The molecule has 0 bridgehead atoms. The molecular weight excluding hydrogens is 299 g/mol. The van der Waals surface area contributed by atoms with E-state index < -0.39 is 15.8 Å². The Kier molecular flexibility index (Phi) is 4.32. The van der Waals surface area contributed by atoms with Crippen molar-refractivity contribution in [3.63, 3.8) is 0 Å². The lowest BCUT2D eigenvalue weighted by molar-refractivity contribution is 0.361. The van der Waals surface area contributed by atoms with Crippen LogP contribution in [0.1, 0.15) is 24.8 Å². The first-order chi connectivity index (χ1) is 9.30. The first kappa shape index (κ1) is 15.6. The van der Waals surface area contributed by atoms with Gasteiger partial charge < -0.3 is 5.73 Å². The molecule has 0 unspecified atom stereocenters. The fourth-order valence-corrected chi connectivity index (χ4v) is 4.60. The zero-order valence-corrected chi connectivity index (χ0v) is 13.2. The molecule has 1 aromatic rings. The average molecular weight is 318 g/mol. The number of nitrogens with one attached hydrogen (secondary N) is 1. The van der Waals surface area contributed by atoms with Gasteiger partial charge in [0.1, 0.15) is 10.7 Å². The second kappa shape index (κ2) is 5.54. The Bertz CT molecular complexity index is 608. The van der Waals surface area contributed by atoms with Crippen LogP contribution in [0.15, 0.2) is 17.0 Å². The molecule has 0 heterocycles. The summed E-state index contributed by atoms with van der Waals surface area (Å²) in [5.41, 5.74) is 6.08. The molecule has 112 valence electrons. The molecular formula is C13H19FN2O2S2. The molecule has 1 aliphatic rings. The molecule has 20 heavy (non-hydrogen) atoms. The molecule has 1 fully saturated rings. The van der Waals surface area contributed by atoms with Gasteiger partial charge in [0.25, 0.3) is 0 Å². The van der Waals surface area contributed by atoms with Crippen molar-refractivity contribution >= 4 is 27.5 Å². The van der Waals surface area contributed by atoms with E-state index in [-0.39, 0.29) is 20.9 Å². The molecule has 0 aliphatic heterocycles. The molecule has 3 N–H and O–H groups in total. The number of hydrogen-bond donors (Lipinski definition) is 2. The summed E-state index contributed by atoms with van der Waals surface area (Å²) >= 11 is 1.66. The van der Waals surface area contributed by atoms with Crippen molar-refractivity contribution in [1.29, 1.82) is 0 Å². The van der Waals surface area contributed by atoms with E-state index in [0.29, 0.717) is 6.54 Å². The maximum absolute atomic E-state index is 14.0. The van der Waals surface area contributed by atoms with E-state index in [0.717, 1.165) is 25.3 Å². The SMILES string of the molecule is CSC1(CNS(=O)(=O)c2cc(N)cc(C)c2F)CCC1. The van der Waals surface area contributed by atoms with Crippen LogP contribution < -0.4 is 10.5 Å². The van der Waals surface area contributed by atoms with E-state index in [1.807, 2.05) is 6.26 Å². The minimum absolute atomic E-state index is 0.0427. The summed E-state index contributed by atoms with van der Waals surface area (Å²) in [4.78, 5) is -0.370. The Morgan fingerprint density at radius 1 is 1.45 bits per heavy atom. The van der Waals surface area contributed by atoms with Crippen molar-refractivity contribution in [3.8, 4) is 0 Å². The van der Waals surface area contributed by atoms with Crippen molar-refractivity contribution in [2.24, 2.45) is 0 Å². The van der Waals surface area contributed by atoms with E-state index in [9.17, 15) is 12.8 Å². The summed E-state index contributed by atoms with van der Waals surface area (Å²) in [5.74, 6) is -0.737. The van der Waals surface area contributed by atoms with Crippen LogP contribution in [-0.2, 0) is 10.0 Å². The molecule has 1 saturated carbocycles. The molecule has 0 aromatic heterocycles. The average Bonchev–Trinajstić information content (AvgIpc) is 2.32. The van der Waals surface area contributed by atoms with Crippen LogP contribution in [-0.4, -0.2) is 26.0 Å². The number of hydrogen-bond acceptors (Lipinski definition) is 4. The minimum atomic E-state index is -3.87. The van der Waals surface area contributed by atoms with Gasteiger partial charge in [-0.3, -0.25) is 0 Å². The van der Waals surface area contributed by atoms with Crippen molar-refractivity contribution in [2.45, 2.75) is 35.8 Å². The fourth-order valence-electron chi connectivity index (χ4n) is 2.29. The van der Waals surface area contributed by atoms with Gasteiger partial charge in [-0.25, -0.2) is 17.5 Å². The molecule has 1 aromatic carbocycles. The fraction of sp³-hybridized carbons (Fsp3) is 0.538. The Hall–Kier alpha value is -0.790. The minimum Gasteiger partial charge on any atom is -0.399 e. The zero-order chi connectivity index (χ0) is 15.0. The number of nitrogen functional groups attached to an aromatic ring is 1. The van der Waals surface area contributed by atoms with Gasteiger partial charge in [-0.05, 0) is 43.7 Å². The Morgan fingerprint density at radius 3 is 2.60 bits per heavy atom. The summed E-state index contributed by atoms with van der Waals surface area (Å²) in [6.45, 7) is 1.82. The number of benzene rings is 1. The summed E-state index contributed by atoms with van der Waals surface area (Å²) < 4.78 is 41.0. The van der Waals surface area contributed by atoms with Gasteiger partial charge in [0.05, 0.1) is 0 Å². The first-order valence-corrected chi connectivity index (χ1v) is 9.11. The van der Waals surface area contributed by atoms with Crippen molar-refractivity contribution in [3.05, 3.63) is 23.5 Å². The molecule has 4 nitrogen and oxygen atoms in total. The summed E-state index contributed by atoms with van der Waals surface area (Å²) in [5, 5.41) is 0. The third-order valence-electron chi connectivity index (χ3n) is 3.82. The summed E-state index contributed by atoms with van der Waals surface area (Å²) in [7, 11) is -3.87. The number of halogens is 1. The monoisotopic (exact) mass is 318 g/mol. The third kappa shape index (κ3) is 2.94. The molecule has 1 aliphatic carbocycles. The number of rotatable bonds is 5. The number of thioether (sulfide) groups is 1. The van der Waals surface area contributed by atoms with Crippen LogP contribution in [0.5, 0.6) is 0 Å². The van der Waals surface area contributed by atoms with Crippen LogP contribution >= 0.6 is 11.8 Å². The van der Waals surface area contributed by atoms with E-state index in [4.69, 9.17) is 5.73 Å². The van der Waals surface area contributed by atoms with Gasteiger partial charge in [0.15, 0.2) is 0 Å². The number of sulfonamides is 1. The quantitative estimate of drug-likeness (QED) is 0.817. The highest BCUT2D eigenvalue weighted by Gasteiger charge is 2.37. The lowest BCUT2D eigenvalue weighted by Gasteiger charge is -2.40. The second-order valence-electron chi connectivity index (χ2n) is 5.22. The van der Waals surface area contributed by atoms with Crippen LogP contribution in [0.2, 0.25) is 0 Å². The molecule has 0 spiro atoms. The van der Waals surface area contributed by atoms with Gasteiger partial charge in [-0.1, -0.05) is 6.42 Å². The van der Waals surface area contributed by atoms with Crippen molar-refractivity contribution in [1.82, 2.24) is 4.72 Å². The standard InChI is InChI=1S/C13H19FN2O2S2/c1-9-6-10(15)7-11(12(9)14)20(17,18)16-8-13(19-2)4-3-5-13/h6-7,16H,3-5,8,15H2,1-2H3. The van der Waals surface area contributed by atoms with Crippen LogP contribution in [0.3, 0.4) is 0 Å². The molecule has 0 amide bonds. The van der Waals surface area contributed by atoms with Gasteiger partial charge in [0, 0.05) is 17.0 Å². The van der Waals surface area contributed by atoms with Crippen LogP contribution in [0.25, 0.3) is 0 Å². The van der Waals surface area contributed by atoms with Crippen LogP contribution in [0.4, 0.5) is 10.1 Å².